The van der Waals surface area contributed by atoms with Gasteiger partial charge in [0.2, 0.25) is 11.8 Å². The molecule has 4 aromatic rings. The summed E-state index contributed by atoms with van der Waals surface area (Å²) < 4.78 is 35.4. The van der Waals surface area contributed by atoms with E-state index in [1.54, 1.807) is 48.5 Å². The first kappa shape index (κ1) is 37.3. The summed E-state index contributed by atoms with van der Waals surface area (Å²) in [6.45, 7) is 3.74. The Kier molecular flexibility index (Phi) is 13.3. The number of nitrogens with zero attached hydrogens (tertiary/aromatic N) is 2. The number of rotatable bonds is 15. The molecule has 48 heavy (non-hydrogen) atoms. The lowest BCUT2D eigenvalue weighted by molar-refractivity contribution is -0.140. The van der Waals surface area contributed by atoms with Gasteiger partial charge in [0.1, 0.15) is 18.3 Å². The predicted octanol–water partition coefficient (Wildman–Crippen LogP) is 7.82. The van der Waals surface area contributed by atoms with Gasteiger partial charge in [-0.25, -0.2) is 8.42 Å². The Morgan fingerprint density at radius 2 is 1.62 bits per heavy atom. The summed E-state index contributed by atoms with van der Waals surface area (Å²) in [5, 5.41) is 3.62. The average Bonchev–Trinajstić information content (AvgIpc) is 3.07. The lowest BCUT2D eigenvalue weighted by Crippen LogP contribution is -2.53. The highest BCUT2D eigenvalue weighted by molar-refractivity contribution is 9.10. The number of ether oxygens (including phenoxy) is 1. The predicted molar refractivity (Wildman–Crippen MR) is 195 cm³/mol. The number of amides is 2. The van der Waals surface area contributed by atoms with Crippen LogP contribution in [0.3, 0.4) is 0 Å². The molecule has 0 aromatic heterocycles. The fraction of sp³-hybridized carbons (Fsp3) is 0.278. The SMILES string of the molecule is CCCCNC(=O)[C@@H](Cc1ccccc1)N(Cc1ccc(Cl)c(Cl)c1)C(=O)CN(c1ccc(C)cc1)S(=O)(=O)c1ccc(OC)c(Br)c1. The van der Waals surface area contributed by atoms with E-state index in [0.29, 0.717) is 38.1 Å². The number of hydrogen-bond acceptors (Lipinski definition) is 5. The highest BCUT2D eigenvalue weighted by atomic mass is 79.9. The highest BCUT2D eigenvalue weighted by Crippen LogP contribution is 2.31. The van der Waals surface area contributed by atoms with Gasteiger partial charge in [0.05, 0.1) is 32.2 Å². The summed E-state index contributed by atoms with van der Waals surface area (Å²) in [6, 6.07) is 24.7. The van der Waals surface area contributed by atoms with E-state index in [2.05, 4.69) is 21.2 Å². The number of sulfonamides is 1. The fourth-order valence-electron chi connectivity index (χ4n) is 5.07. The molecule has 0 radical (unpaired) electrons. The van der Waals surface area contributed by atoms with E-state index in [1.807, 2.05) is 44.2 Å². The highest BCUT2D eigenvalue weighted by Gasteiger charge is 2.35. The van der Waals surface area contributed by atoms with Crippen LogP contribution < -0.4 is 14.4 Å². The van der Waals surface area contributed by atoms with E-state index >= 15 is 0 Å². The van der Waals surface area contributed by atoms with Crippen LogP contribution in [0.4, 0.5) is 5.69 Å². The molecule has 0 bridgehead atoms. The number of carbonyl (C=O) groups is 2. The Labute approximate surface area is 301 Å². The van der Waals surface area contributed by atoms with Crippen LogP contribution in [0, 0.1) is 6.92 Å². The van der Waals surface area contributed by atoms with Crippen molar-refractivity contribution in [1.29, 1.82) is 0 Å². The Bertz CT molecular complexity index is 1830. The normalized spacial score (nSPS) is 11.9. The lowest BCUT2D eigenvalue weighted by Gasteiger charge is -2.34. The molecular formula is C36H38BrCl2N3O5S. The molecule has 4 rings (SSSR count). The molecule has 12 heteroatoms. The third-order valence-corrected chi connectivity index (χ3v) is 10.9. The first-order valence-corrected chi connectivity index (χ1v) is 18.4. The number of unbranched alkanes of at least 4 members (excludes halogenated alkanes) is 1. The number of hydrogen-bond donors (Lipinski definition) is 1. The van der Waals surface area contributed by atoms with Crippen LogP contribution in [-0.4, -0.2) is 51.4 Å². The van der Waals surface area contributed by atoms with Gasteiger partial charge in [0, 0.05) is 19.5 Å². The Morgan fingerprint density at radius 1 is 0.917 bits per heavy atom. The molecule has 2 amide bonds. The summed E-state index contributed by atoms with van der Waals surface area (Å²) in [7, 11) is -2.81. The molecular weight excluding hydrogens is 737 g/mol. The Balaban J connectivity index is 1.81. The van der Waals surface area contributed by atoms with Crippen molar-refractivity contribution in [1.82, 2.24) is 10.2 Å². The summed E-state index contributed by atoms with van der Waals surface area (Å²) in [5.41, 5.74) is 2.68. The molecule has 0 heterocycles. The molecule has 0 fully saturated rings. The summed E-state index contributed by atoms with van der Waals surface area (Å²) in [4.78, 5) is 29.9. The van der Waals surface area contributed by atoms with E-state index in [1.165, 1.54) is 24.1 Å². The van der Waals surface area contributed by atoms with E-state index in [9.17, 15) is 18.0 Å². The van der Waals surface area contributed by atoms with Crippen LogP contribution >= 0.6 is 39.1 Å². The van der Waals surface area contributed by atoms with Gasteiger partial charge in [-0.3, -0.25) is 13.9 Å². The van der Waals surface area contributed by atoms with Gasteiger partial charge in [-0.2, -0.15) is 0 Å². The minimum absolute atomic E-state index is 0.0235. The molecule has 0 aliphatic rings. The topological polar surface area (TPSA) is 96.0 Å². The van der Waals surface area contributed by atoms with Crippen molar-refractivity contribution in [3.05, 3.63) is 122 Å². The standard InChI is InChI=1S/C36H38BrCl2N3O5S/c1-4-5-19-40-36(44)33(21-26-9-7-6-8-10-26)41(23-27-13-17-31(38)32(39)20-27)35(43)24-42(28-14-11-25(2)12-15-28)48(45,46)29-16-18-34(47-3)30(37)22-29/h6-18,20,22,33H,4-5,19,21,23-24H2,1-3H3,(H,40,44)/t33-/m1/s1. The van der Waals surface area contributed by atoms with Gasteiger partial charge in [0.15, 0.2) is 0 Å². The van der Waals surface area contributed by atoms with Crippen LogP contribution in [0.15, 0.2) is 100 Å². The Hall–Kier alpha value is -3.57. The molecule has 0 saturated heterocycles. The smallest absolute Gasteiger partial charge is 0.264 e. The van der Waals surface area contributed by atoms with E-state index in [-0.39, 0.29) is 23.8 Å². The Morgan fingerprint density at radius 3 is 2.25 bits per heavy atom. The second-order valence-electron chi connectivity index (χ2n) is 11.3. The van der Waals surface area contributed by atoms with Crippen LogP contribution in [0.25, 0.3) is 0 Å². The van der Waals surface area contributed by atoms with Crippen molar-refractivity contribution < 1.29 is 22.7 Å². The van der Waals surface area contributed by atoms with E-state index in [0.717, 1.165) is 28.3 Å². The number of benzene rings is 4. The third-order valence-electron chi connectivity index (χ3n) is 7.75. The summed E-state index contributed by atoms with van der Waals surface area (Å²) in [6.07, 6.45) is 1.84. The van der Waals surface area contributed by atoms with Crippen molar-refractivity contribution in [2.75, 3.05) is 24.5 Å². The molecule has 0 unspecified atom stereocenters. The number of halogens is 3. The number of carbonyl (C=O) groups excluding carboxylic acids is 2. The summed E-state index contributed by atoms with van der Waals surface area (Å²) >= 11 is 15.9. The van der Waals surface area contributed by atoms with Gasteiger partial charge in [0.25, 0.3) is 10.0 Å². The second-order valence-corrected chi connectivity index (χ2v) is 14.8. The van der Waals surface area contributed by atoms with Crippen LogP contribution in [0.5, 0.6) is 5.75 Å². The van der Waals surface area contributed by atoms with Crippen molar-refractivity contribution in [2.45, 2.75) is 50.6 Å². The van der Waals surface area contributed by atoms with Gasteiger partial charge < -0.3 is 15.0 Å². The lowest BCUT2D eigenvalue weighted by atomic mass is 10.0. The molecule has 0 aliphatic heterocycles. The molecule has 8 nitrogen and oxygen atoms in total. The van der Waals surface area contributed by atoms with E-state index < -0.39 is 28.5 Å². The van der Waals surface area contributed by atoms with Crippen LogP contribution in [0.2, 0.25) is 10.0 Å². The average molecular weight is 776 g/mol. The second kappa shape index (κ2) is 17.2. The first-order valence-electron chi connectivity index (χ1n) is 15.4. The van der Waals surface area contributed by atoms with Gasteiger partial charge in [-0.15, -0.1) is 0 Å². The van der Waals surface area contributed by atoms with Gasteiger partial charge >= 0.3 is 0 Å². The number of anilines is 1. The fourth-order valence-corrected chi connectivity index (χ4v) is 7.52. The molecule has 254 valence electrons. The van der Waals surface area contributed by atoms with Crippen molar-refractivity contribution >= 4 is 66.7 Å². The third kappa shape index (κ3) is 9.53. The minimum atomic E-state index is -4.29. The zero-order valence-electron chi connectivity index (χ0n) is 27.0. The zero-order valence-corrected chi connectivity index (χ0v) is 30.9. The van der Waals surface area contributed by atoms with Crippen LogP contribution in [0.1, 0.15) is 36.5 Å². The largest absolute Gasteiger partial charge is 0.496 e. The summed E-state index contributed by atoms with van der Waals surface area (Å²) in [5.74, 6) is -0.466. The van der Waals surface area contributed by atoms with Crippen LogP contribution in [-0.2, 0) is 32.6 Å². The van der Waals surface area contributed by atoms with Gasteiger partial charge in [-0.05, 0) is 82.9 Å². The molecule has 0 saturated carbocycles. The van der Waals surface area contributed by atoms with E-state index in [4.69, 9.17) is 27.9 Å². The molecule has 1 atom stereocenters. The number of nitrogens with one attached hydrogen (secondary N) is 1. The maximum atomic E-state index is 14.6. The minimum Gasteiger partial charge on any atom is -0.496 e. The first-order chi connectivity index (χ1) is 22.9. The van der Waals surface area contributed by atoms with Crippen molar-refractivity contribution in [3.63, 3.8) is 0 Å². The molecule has 1 N–H and O–H groups in total. The maximum absolute atomic E-state index is 14.6. The number of methoxy groups -OCH3 is 1. The molecule has 0 spiro atoms. The van der Waals surface area contributed by atoms with Crippen molar-refractivity contribution in [3.8, 4) is 5.75 Å². The van der Waals surface area contributed by atoms with Crippen molar-refractivity contribution in [2.24, 2.45) is 0 Å². The quantitative estimate of drug-likeness (QED) is 0.124. The molecule has 4 aromatic carbocycles. The zero-order chi connectivity index (χ0) is 34.8. The monoisotopic (exact) mass is 773 g/mol. The number of aryl methyl sites for hydroxylation is 1. The van der Waals surface area contributed by atoms with Gasteiger partial charge in [-0.1, -0.05) is 90.6 Å². The molecule has 0 aliphatic carbocycles. The maximum Gasteiger partial charge on any atom is 0.264 e.